The topological polar surface area (TPSA) is 335 Å². The SMILES string of the molecule is CC(=O)N[C@H]1[C@H](O[C@H]2[C@@H](OP(=O)(O)OC[C@@H](OCCC(C)CCCCC(C)(C)CCC(C)CCC(C)CCCC(C)C)C(=O)O)O[C@H](C(N)=O)[C@H](O)[C@@H]2OC(N)=O)O[C@H](CO)[C@@H](O)[C@@H]1O. The van der Waals surface area contributed by atoms with Crippen molar-refractivity contribution in [3.05, 3.63) is 0 Å². The monoisotopic (exact) mass is 958 g/mol. The molecule has 4 unspecified atom stereocenters. The van der Waals surface area contributed by atoms with Gasteiger partial charge in [0.1, 0.15) is 30.5 Å². The van der Waals surface area contributed by atoms with E-state index < -0.39 is 112 Å². The first-order valence-corrected chi connectivity index (χ1v) is 24.4. The molecule has 0 aromatic carbocycles. The highest BCUT2D eigenvalue weighted by atomic mass is 31.2. The number of aliphatic hydroxyl groups is 4. The van der Waals surface area contributed by atoms with Gasteiger partial charge in [-0.15, -0.1) is 0 Å². The quantitative estimate of drug-likeness (QED) is 0.0356. The van der Waals surface area contributed by atoms with E-state index in [1.807, 2.05) is 6.92 Å². The molecule has 0 aliphatic carbocycles. The predicted molar refractivity (Wildman–Crippen MR) is 234 cm³/mol. The summed E-state index contributed by atoms with van der Waals surface area (Å²) < 4.78 is 50.6. The van der Waals surface area contributed by atoms with E-state index in [2.05, 4.69) is 46.9 Å². The van der Waals surface area contributed by atoms with Crippen LogP contribution in [0.5, 0.6) is 0 Å². The van der Waals surface area contributed by atoms with Gasteiger partial charge in [-0.1, -0.05) is 106 Å². The number of phosphoric acid groups is 1. The van der Waals surface area contributed by atoms with Crippen LogP contribution in [0.3, 0.4) is 0 Å². The largest absolute Gasteiger partial charge is 0.479 e. The van der Waals surface area contributed by atoms with E-state index in [0.717, 1.165) is 44.4 Å². The summed E-state index contributed by atoms with van der Waals surface area (Å²) in [6.07, 6.45) is -7.89. The Morgan fingerprint density at radius 3 is 1.97 bits per heavy atom. The van der Waals surface area contributed by atoms with Crippen molar-refractivity contribution in [1.82, 2.24) is 5.32 Å². The lowest BCUT2D eigenvalue weighted by Gasteiger charge is -2.47. The Morgan fingerprint density at radius 2 is 1.40 bits per heavy atom. The van der Waals surface area contributed by atoms with Gasteiger partial charge < -0.3 is 70.9 Å². The van der Waals surface area contributed by atoms with Crippen LogP contribution in [-0.4, -0.2) is 142 Å². The zero-order chi connectivity index (χ0) is 49.2. The molecule has 65 heavy (non-hydrogen) atoms. The van der Waals surface area contributed by atoms with Crippen LogP contribution in [0.4, 0.5) is 4.79 Å². The maximum absolute atomic E-state index is 13.3. The molecule has 2 aliphatic rings. The van der Waals surface area contributed by atoms with E-state index in [1.54, 1.807) is 0 Å². The second-order valence-electron chi connectivity index (χ2n) is 19.3. The number of aliphatic hydroxyl groups excluding tert-OH is 4. The number of aliphatic carboxylic acids is 1. The number of hydrogen-bond donors (Lipinski definition) is 9. The molecule has 11 N–H and O–H groups in total. The number of nitrogens with one attached hydrogen (secondary N) is 1. The third-order valence-corrected chi connectivity index (χ3v) is 13.1. The maximum Gasteiger partial charge on any atom is 0.474 e. The van der Waals surface area contributed by atoms with Gasteiger partial charge in [0.25, 0.3) is 0 Å². The van der Waals surface area contributed by atoms with Crippen LogP contribution in [0.1, 0.15) is 132 Å². The molecule has 0 bridgehead atoms. The van der Waals surface area contributed by atoms with Gasteiger partial charge in [-0.2, -0.15) is 0 Å². The minimum atomic E-state index is -5.46. The number of carboxylic acid groups (broad SMARTS) is 1. The number of carbonyl (C=O) groups is 4. The smallest absolute Gasteiger partial charge is 0.474 e. The third kappa shape index (κ3) is 21.1. The summed E-state index contributed by atoms with van der Waals surface area (Å²) >= 11 is 0. The van der Waals surface area contributed by atoms with Gasteiger partial charge in [0, 0.05) is 13.5 Å². The molecule has 2 aliphatic heterocycles. The Morgan fingerprint density at radius 1 is 0.785 bits per heavy atom. The first kappa shape index (κ1) is 58.6. The number of carbonyl (C=O) groups excluding carboxylic acids is 3. The predicted octanol–water partition coefficient (Wildman–Crippen LogP) is 3.23. The molecule has 0 spiro atoms. The molecule has 2 heterocycles. The Kier molecular flexibility index (Phi) is 25.3. The van der Waals surface area contributed by atoms with Gasteiger partial charge in [0.05, 0.1) is 13.2 Å². The fourth-order valence-electron chi connectivity index (χ4n) is 7.96. The third-order valence-electron chi connectivity index (χ3n) is 12.2. The lowest BCUT2D eigenvalue weighted by atomic mass is 9.79. The van der Waals surface area contributed by atoms with Crippen molar-refractivity contribution in [2.24, 2.45) is 40.6 Å². The lowest BCUT2D eigenvalue weighted by Crippen LogP contribution is -2.68. The van der Waals surface area contributed by atoms with Gasteiger partial charge in [0.15, 0.2) is 37.0 Å². The molecule has 0 saturated carbocycles. The van der Waals surface area contributed by atoms with Gasteiger partial charge in [-0.25, -0.2) is 14.2 Å². The van der Waals surface area contributed by atoms with Crippen molar-refractivity contribution in [2.45, 2.75) is 200 Å². The average molecular weight is 958 g/mol. The summed E-state index contributed by atoms with van der Waals surface area (Å²) in [7, 11) is -5.46. The highest BCUT2D eigenvalue weighted by molar-refractivity contribution is 7.47. The number of phosphoric ester groups is 1. The zero-order valence-corrected chi connectivity index (χ0v) is 40.3. The van der Waals surface area contributed by atoms with Crippen molar-refractivity contribution in [3.8, 4) is 0 Å². The van der Waals surface area contributed by atoms with Crippen LogP contribution in [0, 0.1) is 29.1 Å². The maximum atomic E-state index is 13.3. The van der Waals surface area contributed by atoms with E-state index in [-0.39, 0.29) is 17.9 Å². The Bertz CT molecular complexity index is 1510. The van der Waals surface area contributed by atoms with Crippen LogP contribution in [0.15, 0.2) is 0 Å². The number of ether oxygens (including phenoxy) is 5. The summed E-state index contributed by atoms with van der Waals surface area (Å²) in [5.41, 5.74) is 10.8. The highest BCUT2D eigenvalue weighted by Gasteiger charge is 2.56. The Balaban J connectivity index is 1.99. The molecule has 0 aromatic rings. The van der Waals surface area contributed by atoms with E-state index in [0.29, 0.717) is 12.3 Å². The standard InChI is InChI=1S/C43H80N3O18P/c1-24(2)12-11-14-25(3)15-16-27(5)17-20-43(7,8)19-10-9-13-26(4)18-21-58-30(39(53)54)23-59-65(56,57)64-41-37(35(63-42(45)55)34(51)36(61-41)38(44)52)62-40-31(46-28(6)48)33(50)32(49)29(22-47)60-40/h24-27,29-37,40-41,47,49-51H,9-23H2,1-8H3,(H2,44,52)(H2,45,55)(H,46,48)(H,53,54)(H,56,57)/t25?,26?,27?,29-,30-,31-,32-,33-,34-,35+,36+,37-,40+,41-/m1/s1. The van der Waals surface area contributed by atoms with E-state index in [9.17, 15) is 54.2 Å². The minimum absolute atomic E-state index is 0.0178. The molecule has 0 radical (unpaired) electrons. The van der Waals surface area contributed by atoms with Crippen molar-refractivity contribution >= 4 is 31.7 Å². The van der Waals surface area contributed by atoms with E-state index in [1.165, 1.54) is 44.9 Å². The second kappa shape index (κ2) is 28.1. The molecule has 380 valence electrons. The Labute approximate surface area is 383 Å². The number of amides is 3. The number of primary amides is 2. The second-order valence-corrected chi connectivity index (χ2v) is 20.7. The molecular formula is C43H80N3O18P. The fraction of sp³-hybridized carbons (Fsp3) is 0.907. The fourth-order valence-corrected chi connectivity index (χ4v) is 8.78. The molecule has 2 rings (SSSR count). The van der Waals surface area contributed by atoms with Crippen molar-refractivity contribution in [3.63, 3.8) is 0 Å². The van der Waals surface area contributed by atoms with Crippen LogP contribution >= 0.6 is 7.82 Å². The summed E-state index contributed by atoms with van der Waals surface area (Å²) in [6.45, 7) is 15.1. The molecule has 22 heteroatoms. The average Bonchev–Trinajstić information content (AvgIpc) is 3.20. The zero-order valence-electron chi connectivity index (χ0n) is 39.5. The summed E-state index contributed by atoms with van der Waals surface area (Å²) in [5.74, 6) is -1.25. The van der Waals surface area contributed by atoms with Crippen LogP contribution < -0.4 is 16.8 Å². The number of carboxylic acids is 1. The number of rotatable bonds is 31. The normalized spacial score (nSPS) is 29.0. The molecule has 0 aromatic heterocycles. The number of nitrogens with two attached hydrogens (primary N) is 2. The number of unbranched alkanes of at least 4 members (excludes halogenated alkanes) is 1. The van der Waals surface area contributed by atoms with Gasteiger partial charge >= 0.3 is 19.9 Å². The Hall–Kier alpha value is -2.53. The molecule has 3 amide bonds. The molecule has 2 fully saturated rings. The minimum Gasteiger partial charge on any atom is -0.479 e. The summed E-state index contributed by atoms with van der Waals surface area (Å²) in [5, 5.41) is 53.9. The number of hydrogen-bond acceptors (Lipinski definition) is 16. The molecular weight excluding hydrogens is 877 g/mol. The molecule has 2 saturated heterocycles. The summed E-state index contributed by atoms with van der Waals surface area (Å²) in [4.78, 5) is 59.1. The van der Waals surface area contributed by atoms with Crippen LogP contribution in [-0.2, 0) is 51.7 Å². The van der Waals surface area contributed by atoms with E-state index >= 15 is 0 Å². The first-order valence-electron chi connectivity index (χ1n) is 22.9. The highest BCUT2D eigenvalue weighted by Crippen LogP contribution is 2.47. The first-order chi connectivity index (χ1) is 30.3. The van der Waals surface area contributed by atoms with Crippen LogP contribution in [0.2, 0.25) is 0 Å². The summed E-state index contributed by atoms with van der Waals surface area (Å²) in [6, 6.07) is -1.64. The van der Waals surface area contributed by atoms with Crippen molar-refractivity contribution in [1.29, 1.82) is 0 Å². The van der Waals surface area contributed by atoms with Crippen LogP contribution in [0.25, 0.3) is 0 Å². The van der Waals surface area contributed by atoms with Gasteiger partial charge in [-0.3, -0.25) is 18.6 Å². The molecule has 21 nitrogen and oxygen atoms in total. The van der Waals surface area contributed by atoms with Crippen molar-refractivity contribution < 1.29 is 86.9 Å². The van der Waals surface area contributed by atoms with E-state index in [4.69, 9.17) is 44.2 Å². The van der Waals surface area contributed by atoms with Gasteiger partial charge in [0.2, 0.25) is 11.8 Å². The lowest BCUT2D eigenvalue weighted by molar-refractivity contribution is -0.339. The van der Waals surface area contributed by atoms with Crippen molar-refractivity contribution in [2.75, 3.05) is 19.8 Å². The van der Waals surface area contributed by atoms with Gasteiger partial charge in [-0.05, 0) is 48.3 Å². The molecule has 15 atom stereocenters.